The van der Waals surface area contributed by atoms with E-state index in [1.54, 1.807) is 18.7 Å². The Morgan fingerprint density at radius 2 is 1.74 bits per heavy atom. The molecular weight excluding hydrogens is 382 g/mol. The SMILES string of the molecule is CC(C)NC(=O)NC(=O)CN1CCN(S(=O)(=O)c2ccc(F)c(F)c2)CC1. The quantitative estimate of drug-likeness (QED) is 0.745. The Labute approximate surface area is 156 Å². The molecule has 0 unspecified atom stereocenters. The van der Waals surface area contributed by atoms with Crippen molar-refractivity contribution >= 4 is 22.0 Å². The summed E-state index contributed by atoms with van der Waals surface area (Å²) in [6.45, 7) is 4.18. The van der Waals surface area contributed by atoms with Crippen molar-refractivity contribution in [3.63, 3.8) is 0 Å². The van der Waals surface area contributed by atoms with Crippen LogP contribution in [-0.2, 0) is 14.8 Å². The van der Waals surface area contributed by atoms with Gasteiger partial charge in [0.2, 0.25) is 15.9 Å². The van der Waals surface area contributed by atoms with Gasteiger partial charge in [0, 0.05) is 32.2 Å². The molecule has 1 heterocycles. The average molecular weight is 404 g/mol. The van der Waals surface area contributed by atoms with E-state index in [9.17, 15) is 26.8 Å². The first kappa shape index (κ1) is 21.2. The lowest BCUT2D eigenvalue weighted by atomic mass is 10.3. The molecule has 0 bridgehead atoms. The van der Waals surface area contributed by atoms with Gasteiger partial charge in [0.05, 0.1) is 11.4 Å². The number of carbonyl (C=O) groups excluding carboxylic acids is 2. The number of benzene rings is 1. The molecule has 150 valence electrons. The smallest absolute Gasteiger partial charge is 0.321 e. The van der Waals surface area contributed by atoms with E-state index in [2.05, 4.69) is 10.6 Å². The topological polar surface area (TPSA) is 98.8 Å². The number of sulfonamides is 1. The number of urea groups is 1. The molecule has 1 aromatic rings. The maximum absolute atomic E-state index is 13.3. The molecule has 0 radical (unpaired) electrons. The first-order valence-corrected chi connectivity index (χ1v) is 9.81. The highest BCUT2D eigenvalue weighted by atomic mass is 32.2. The summed E-state index contributed by atoms with van der Waals surface area (Å²) in [5, 5.41) is 4.73. The van der Waals surface area contributed by atoms with E-state index >= 15 is 0 Å². The standard InChI is InChI=1S/C16H22F2N4O4S/c1-11(2)19-16(24)20-15(23)10-21-5-7-22(8-6-21)27(25,26)12-3-4-13(17)14(18)9-12/h3-4,9,11H,5-8,10H2,1-2H3,(H2,19,20,23,24). The van der Waals surface area contributed by atoms with Gasteiger partial charge in [-0.25, -0.2) is 22.0 Å². The fourth-order valence-electron chi connectivity index (χ4n) is 2.58. The van der Waals surface area contributed by atoms with Crippen molar-refractivity contribution in [1.29, 1.82) is 0 Å². The first-order valence-electron chi connectivity index (χ1n) is 8.37. The predicted molar refractivity (Wildman–Crippen MR) is 93.4 cm³/mol. The van der Waals surface area contributed by atoms with E-state index in [-0.39, 0.29) is 43.7 Å². The van der Waals surface area contributed by atoms with Gasteiger partial charge in [-0.3, -0.25) is 15.0 Å². The number of carbonyl (C=O) groups is 2. The Morgan fingerprint density at radius 1 is 1.11 bits per heavy atom. The summed E-state index contributed by atoms with van der Waals surface area (Å²) in [5.41, 5.74) is 0. The van der Waals surface area contributed by atoms with E-state index in [1.807, 2.05) is 0 Å². The summed E-state index contributed by atoms with van der Waals surface area (Å²) in [7, 11) is -3.95. The van der Waals surface area contributed by atoms with Gasteiger partial charge in [-0.1, -0.05) is 0 Å². The molecule has 3 amide bonds. The fourth-order valence-corrected chi connectivity index (χ4v) is 4.02. The largest absolute Gasteiger partial charge is 0.336 e. The third-order valence-electron chi connectivity index (χ3n) is 3.90. The number of nitrogens with one attached hydrogen (secondary N) is 2. The van der Waals surface area contributed by atoms with Crippen LogP contribution in [0.25, 0.3) is 0 Å². The van der Waals surface area contributed by atoms with Crippen LogP contribution in [-0.4, -0.2) is 68.3 Å². The molecule has 2 N–H and O–H groups in total. The van der Waals surface area contributed by atoms with Crippen LogP contribution in [0.5, 0.6) is 0 Å². The number of nitrogens with zero attached hydrogens (tertiary/aromatic N) is 2. The Kier molecular flexibility index (Phi) is 6.84. The molecule has 1 fully saturated rings. The molecule has 0 spiro atoms. The normalized spacial score (nSPS) is 16.3. The summed E-state index contributed by atoms with van der Waals surface area (Å²) < 4.78 is 52.5. The summed E-state index contributed by atoms with van der Waals surface area (Å²) in [5.74, 6) is -2.84. The summed E-state index contributed by atoms with van der Waals surface area (Å²) in [4.78, 5) is 24.7. The van der Waals surface area contributed by atoms with Crippen LogP contribution in [0.2, 0.25) is 0 Å². The van der Waals surface area contributed by atoms with Crippen LogP contribution in [0, 0.1) is 11.6 Å². The van der Waals surface area contributed by atoms with E-state index < -0.39 is 33.6 Å². The lowest BCUT2D eigenvalue weighted by molar-refractivity contribution is -0.121. The molecule has 1 aromatic carbocycles. The Bertz CT molecular complexity index is 809. The van der Waals surface area contributed by atoms with Crippen molar-refractivity contribution < 1.29 is 26.8 Å². The fraction of sp³-hybridized carbons (Fsp3) is 0.500. The lowest BCUT2D eigenvalue weighted by Crippen LogP contribution is -2.52. The van der Waals surface area contributed by atoms with E-state index in [0.717, 1.165) is 16.4 Å². The maximum atomic E-state index is 13.3. The van der Waals surface area contributed by atoms with Gasteiger partial charge >= 0.3 is 6.03 Å². The van der Waals surface area contributed by atoms with Crippen LogP contribution in [0.4, 0.5) is 13.6 Å². The third-order valence-corrected chi connectivity index (χ3v) is 5.79. The molecule has 2 rings (SSSR count). The molecule has 8 nitrogen and oxygen atoms in total. The van der Waals surface area contributed by atoms with Gasteiger partial charge in [0.15, 0.2) is 11.6 Å². The van der Waals surface area contributed by atoms with Crippen LogP contribution in [0.3, 0.4) is 0 Å². The number of piperazine rings is 1. The average Bonchev–Trinajstić information content (AvgIpc) is 2.56. The Balaban J connectivity index is 1.90. The molecule has 1 saturated heterocycles. The molecule has 27 heavy (non-hydrogen) atoms. The number of amides is 3. The Hall–Kier alpha value is -2.11. The molecule has 1 aliphatic rings. The number of halogens is 2. The van der Waals surface area contributed by atoms with Crippen LogP contribution in [0.15, 0.2) is 23.1 Å². The van der Waals surface area contributed by atoms with Gasteiger partial charge in [-0.05, 0) is 32.0 Å². The first-order chi connectivity index (χ1) is 12.6. The van der Waals surface area contributed by atoms with Crippen LogP contribution < -0.4 is 10.6 Å². The molecule has 0 atom stereocenters. The lowest BCUT2D eigenvalue weighted by Gasteiger charge is -2.33. The van der Waals surface area contributed by atoms with Crippen LogP contribution >= 0.6 is 0 Å². The van der Waals surface area contributed by atoms with Gasteiger partial charge in [0.1, 0.15) is 0 Å². The van der Waals surface area contributed by atoms with Crippen molar-refractivity contribution in [2.75, 3.05) is 32.7 Å². The third kappa shape index (κ3) is 5.68. The zero-order valence-electron chi connectivity index (χ0n) is 15.0. The van der Waals surface area contributed by atoms with E-state index in [0.29, 0.717) is 6.07 Å². The van der Waals surface area contributed by atoms with Crippen molar-refractivity contribution in [2.24, 2.45) is 0 Å². The van der Waals surface area contributed by atoms with Crippen molar-refractivity contribution in [3.05, 3.63) is 29.8 Å². The summed E-state index contributed by atoms with van der Waals surface area (Å²) in [6, 6.07) is 1.74. The van der Waals surface area contributed by atoms with Gasteiger partial charge < -0.3 is 5.32 Å². The Morgan fingerprint density at radius 3 is 2.30 bits per heavy atom. The second-order valence-corrected chi connectivity index (χ2v) is 8.37. The van der Waals surface area contributed by atoms with Gasteiger partial charge in [-0.15, -0.1) is 0 Å². The molecule has 0 aliphatic carbocycles. The number of imide groups is 1. The van der Waals surface area contributed by atoms with Crippen molar-refractivity contribution in [2.45, 2.75) is 24.8 Å². The number of hydrogen-bond acceptors (Lipinski definition) is 5. The van der Waals surface area contributed by atoms with Gasteiger partial charge in [-0.2, -0.15) is 4.31 Å². The zero-order chi connectivity index (χ0) is 20.2. The highest BCUT2D eigenvalue weighted by molar-refractivity contribution is 7.89. The highest BCUT2D eigenvalue weighted by Gasteiger charge is 2.29. The minimum absolute atomic E-state index is 0.0510. The molecular formula is C16H22F2N4O4S. The van der Waals surface area contributed by atoms with Crippen molar-refractivity contribution in [1.82, 2.24) is 19.8 Å². The molecule has 0 aromatic heterocycles. The van der Waals surface area contributed by atoms with Crippen LogP contribution in [0.1, 0.15) is 13.8 Å². The minimum atomic E-state index is -3.95. The number of rotatable bonds is 5. The molecule has 1 aliphatic heterocycles. The molecule has 0 saturated carbocycles. The van der Waals surface area contributed by atoms with E-state index in [4.69, 9.17) is 0 Å². The predicted octanol–water partition coefficient (Wildman–Crippen LogP) is 0.505. The highest BCUT2D eigenvalue weighted by Crippen LogP contribution is 2.19. The summed E-state index contributed by atoms with van der Waals surface area (Å²) in [6.07, 6.45) is 0. The molecule has 11 heteroatoms. The van der Waals surface area contributed by atoms with E-state index in [1.165, 1.54) is 0 Å². The van der Waals surface area contributed by atoms with Crippen molar-refractivity contribution in [3.8, 4) is 0 Å². The second kappa shape index (κ2) is 8.72. The minimum Gasteiger partial charge on any atom is -0.336 e. The number of hydrogen-bond donors (Lipinski definition) is 2. The maximum Gasteiger partial charge on any atom is 0.321 e. The van der Waals surface area contributed by atoms with Gasteiger partial charge in [0.25, 0.3) is 0 Å². The summed E-state index contributed by atoms with van der Waals surface area (Å²) >= 11 is 0. The second-order valence-electron chi connectivity index (χ2n) is 6.43. The monoisotopic (exact) mass is 404 g/mol. The zero-order valence-corrected chi connectivity index (χ0v) is 15.9.